The fourth-order valence-corrected chi connectivity index (χ4v) is 2.58. The molecule has 0 aromatic carbocycles. The van der Waals surface area contributed by atoms with Gasteiger partial charge in [0.2, 0.25) is 5.95 Å². The Kier molecular flexibility index (Phi) is 2.79. The van der Waals surface area contributed by atoms with Crippen LogP contribution in [0.15, 0.2) is 12.4 Å². The van der Waals surface area contributed by atoms with Gasteiger partial charge in [-0.15, -0.1) is 11.3 Å². The maximum atomic E-state index is 5.68. The fourth-order valence-electron chi connectivity index (χ4n) is 1.80. The standard InChI is InChI=1S/C11H13N7S/c1-5-3-13-10(19-5)6(2)15-8-7-4-14-18-9(7)17-11(12)16-8/h3-4,6H,1-2H3,(H4,12,14,15,16,17,18). The van der Waals surface area contributed by atoms with Gasteiger partial charge in [0.25, 0.3) is 0 Å². The lowest BCUT2D eigenvalue weighted by Gasteiger charge is -2.12. The Morgan fingerprint density at radius 2 is 2.21 bits per heavy atom. The van der Waals surface area contributed by atoms with Crippen molar-refractivity contribution in [2.24, 2.45) is 0 Å². The molecule has 0 aliphatic rings. The zero-order valence-corrected chi connectivity index (χ0v) is 11.3. The summed E-state index contributed by atoms with van der Waals surface area (Å²) in [6.07, 6.45) is 3.54. The minimum atomic E-state index is 0.0473. The van der Waals surface area contributed by atoms with Gasteiger partial charge in [-0.3, -0.25) is 5.10 Å². The average Bonchev–Trinajstić information content (AvgIpc) is 2.97. The highest BCUT2D eigenvalue weighted by atomic mass is 32.1. The number of H-pyrrole nitrogens is 1. The van der Waals surface area contributed by atoms with Crippen LogP contribution in [-0.2, 0) is 0 Å². The first-order chi connectivity index (χ1) is 9.13. The highest BCUT2D eigenvalue weighted by Gasteiger charge is 2.14. The highest BCUT2D eigenvalue weighted by Crippen LogP contribution is 2.26. The molecule has 3 rings (SSSR count). The summed E-state index contributed by atoms with van der Waals surface area (Å²) < 4.78 is 0. The molecule has 7 nitrogen and oxygen atoms in total. The Morgan fingerprint density at radius 1 is 1.37 bits per heavy atom. The second-order valence-corrected chi connectivity index (χ2v) is 5.50. The zero-order chi connectivity index (χ0) is 13.4. The number of aromatic amines is 1. The lowest BCUT2D eigenvalue weighted by molar-refractivity contribution is 0.862. The van der Waals surface area contributed by atoms with E-state index in [1.54, 1.807) is 17.5 Å². The number of anilines is 2. The molecule has 0 radical (unpaired) electrons. The van der Waals surface area contributed by atoms with E-state index >= 15 is 0 Å². The third kappa shape index (κ3) is 2.22. The van der Waals surface area contributed by atoms with Crippen molar-refractivity contribution >= 4 is 34.1 Å². The minimum Gasteiger partial charge on any atom is -0.368 e. The van der Waals surface area contributed by atoms with E-state index in [-0.39, 0.29) is 12.0 Å². The number of hydrogen-bond donors (Lipinski definition) is 3. The molecule has 0 fully saturated rings. The molecular formula is C11H13N7S. The molecule has 3 heterocycles. The van der Waals surface area contributed by atoms with E-state index in [0.717, 1.165) is 10.4 Å². The first-order valence-corrected chi connectivity index (χ1v) is 6.60. The number of nitrogens with two attached hydrogens (primary N) is 1. The van der Waals surface area contributed by atoms with Crippen LogP contribution < -0.4 is 11.1 Å². The molecule has 0 saturated heterocycles. The predicted molar refractivity (Wildman–Crippen MR) is 75.0 cm³/mol. The molecule has 1 unspecified atom stereocenters. The maximum Gasteiger partial charge on any atom is 0.224 e. The van der Waals surface area contributed by atoms with Gasteiger partial charge >= 0.3 is 0 Å². The van der Waals surface area contributed by atoms with Crippen molar-refractivity contribution in [3.63, 3.8) is 0 Å². The van der Waals surface area contributed by atoms with Gasteiger partial charge in [0.15, 0.2) is 5.65 Å². The van der Waals surface area contributed by atoms with Gasteiger partial charge in [-0.2, -0.15) is 15.1 Å². The Labute approximate surface area is 113 Å². The fraction of sp³-hybridized carbons (Fsp3) is 0.273. The van der Waals surface area contributed by atoms with Crippen molar-refractivity contribution in [1.82, 2.24) is 25.1 Å². The van der Waals surface area contributed by atoms with Gasteiger partial charge in [-0.25, -0.2) is 4.98 Å². The van der Waals surface area contributed by atoms with Crippen molar-refractivity contribution in [1.29, 1.82) is 0 Å². The Bertz CT molecular complexity index is 717. The van der Waals surface area contributed by atoms with Crippen molar-refractivity contribution in [3.8, 4) is 0 Å². The lowest BCUT2D eigenvalue weighted by Crippen LogP contribution is -2.09. The molecule has 3 aromatic heterocycles. The number of nitrogens with one attached hydrogen (secondary N) is 2. The second-order valence-electron chi connectivity index (χ2n) is 4.24. The number of nitrogen functional groups attached to an aromatic ring is 1. The Balaban J connectivity index is 1.94. The number of nitrogens with zero attached hydrogens (tertiary/aromatic N) is 4. The number of aryl methyl sites for hydroxylation is 1. The van der Waals surface area contributed by atoms with E-state index in [2.05, 4.69) is 30.5 Å². The number of aromatic nitrogens is 5. The van der Waals surface area contributed by atoms with Gasteiger partial charge in [-0.1, -0.05) is 0 Å². The molecule has 0 amide bonds. The number of thiazole rings is 1. The molecule has 0 saturated carbocycles. The topological polar surface area (TPSA) is 105 Å². The Hall–Kier alpha value is -2.22. The summed E-state index contributed by atoms with van der Waals surface area (Å²) in [6, 6.07) is 0.0473. The monoisotopic (exact) mass is 275 g/mol. The molecule has 8 heteroatoms. The van der Waals surface area contributed by atoms with Crippen LogP contribution in [0.3, 0.4) is 0 Å². The Morgan fingerprint density at radius 3 is 2.95 bits per heavy atom. The van der Waals surface area contributed by atoms with E-state index in [0.29, 0.717) is 11.5 Å². The molecule has 3 aromatic rings. The van der Waals surface area contributed by atoms with Crippen LogP contribution in [0.2, 0.25) is 0 Å². The maximum absolute atomic E-state index is 5.68. The first kappa shape index (κ1) is 11.8. The van der Waals surface area contributed by atoms with Gasteiger partial charge in [-0.05, 0) is 13.8 Å². The average molecular weight is 275 g/mol. The van der Waals surface area contributed by atoms with Gasteiger partial charge < -0.3 is 11.1 Å². The van der Waals surface area contributed by atoms with Crippen molar-refractivity contribution in [2.75, 3.05) is 11.1 Å². The van der Waals surface area contributed by atoms with E-state index < -0.39 is 0 Å². The summed E-state index contributed by atoms with van der Waals surface area (Å²) in [7, 11) is 0. The van der Waals surface area contributed by atoms with Crippen LogP contribution in [-0.4, -0.2) is 25.1 Å². The summed E-state index contributed by atoms with van der Waals surface area (Å²) in [6.45, 7) is 4.06. The SMILES string of the molecule is Cc1cnc(C(C)Nc2nc(N)nc3[nH]ncc23)s1. The summed E-state index contributed by atoms with van der Waals surface area (Å²) in [5.74, 6) is 0.873. The highest BCUT2D eigenvalue weighted by molar-refractivity contribution is 7.11. The van der Waals surface area contributed by atoms with Crippen LogP contribution in [0.4, 0.5) is 11.8 Å². The number of fused-ring (bicyclic) bond motifs is 1. The van der Waals surface area contributed by atoms with Crippen molar-refractivity contribution < 1.29 is 0 Å². The van der Waals surface area contributed by atoms with Gasteiger partial charge in [0.1, 0.15) is 10.8 Å². The molecular weight excluding hydrogens is 262 g/mol. The predicted octanol–water partition coefficient (Wildman–Crippen LogP) is 1.87. The molecule has 19 heavy (non-hydrogen) atoms. The lowest BCUT2D eigenvalue weighted by atomic mass is 10.3. The van der Waals surface area contributed by atoms with Crippen LogP contribution in [0.1, 0.15) is 22.9 Å². The molecule has 1 atom stereocenters. The largest absolute Gasteiger partial charge is 0.368 e. The van der Waals surface area contributed by atoms with E-state index in [4.69, 9.17) is 5.73 Å². The third-order valence-corrected chi connectivity index (χ3v) is 3.79. The van der Waals surface area contributed by atoms with Crippen LogP contribution in [0, 0.1) is 6.92 Å². The van der Waals surface area contributed by atoms with E-state index in [1.165, 1.54) is 4.88 Å². The molecule has 0 bridgehead atoms. The van der Waals surface area contributed by atoms with Crippen molar-refractivity contribution in [3.05, 3.63) is 22.3 Å². The molecule has 4 N–H and O–H groups in total. The smallest absolute Gasteiger partial charge is 0.224 e. The number of hydrogen-bond acceptors (Lipinski definition) is 7. The van der Waals surface area contributed by atoms with E-state index in [9.17, 15) is 0 Å². The zero-order valence-electron chi connectivity index (χ0n) is 10.5. The summed E-state index contributed by atoms with van der Waals surface area (Å²) in [4.78, 5) is 13.8. The first-order valence-electron chi connectivity index (χ1n) is 5.79. The van der Waals surface area contributed by atoms with Gasteiger partial charge in [0, 0.05) is 11.1 Å². The molecule has 0 aliphatic carbocycles. The summed E-state index contributed by atoms with van der Waals surface area (Å²) >= 11 is 1.66. The van der Waals surface area contributed by atoms with Crippen LogP contribution >= 0.6 is 11.3 Å². The summed E-state index contributed by atoms with van der Waals surface area (Å²) in [5.41, 5.74) is 6.30. The van der Waals surface area contributed by atoms with Crippen LogP contribution in [0.5, 0.6) is 0 Å². The van der Waals surface area contributed by atoms with E-state index in [1.807, 2.05) is 20.0 Å². The molecule has 98 valence electrons. The second kappa shape index (κ2) is 4.47. The van der Waals surface area contributed by atoms with Crippen molar-refractivity contribution in [2.45, 2.75) is 19.9 Å². The normalized spacial score (nSPS) is 12.7. The number of rotatable bonds is 3. The molecule has 0 aliphatic heterocycles. The third-order valence-electron chi connectivity index (χ3n) is 2.69. The quantitative estimate of drug-likeness (QED) is 0.674. The minimum absolute atomic E-state index is 0.0473. The van der Waals surface area contributed by atoms with Crippen LogP contribution in [0.25, 0.3) is 11.0 Å². The summed E-state index contributed by atoms with van der Waals surface area (Å²) in [5, 5.41) is 11.9. The molecule has 0 spiro atoms. The van der Waals surface area contributed by atoms with Gasteiger partial charge in [0.05, 0.1) is 17.6 Å².